The second-order valence-corrected chi connectivity index (χ2v) is 5.41. The molecule has 4 nitrogen and oxygen atoms in total. The molecule has 1 N–H and O–H groups in total. The number of Topliss-reactive ketones (excluding diaryl/α,β-unsaturated/α-hetero) is 1. The summed E-state index contributed by atoms with van der Waals surface area (Å²) in [4.78, 5) is 28.2. The van der Waals surface area contributed by atoms with Gasteiger partial charge < -0.3 is 5.32 Å². The highest BCUT2D eigenvalue weighted by molar-refractivity contribution is 6.00. The number of benzene rings is 1. The number of rotatable bonds is 3. The zero-order valence-electron chi connectivity index (χ0n) is 12.2. The van der Waals surface area contributed by atoms with E-state index in [1.54, 1.807) is 12.1 Å². The molecule has 1 unspecified atom stereocenters. The van der Waals surface area contributed by atoms with Crippen molar-refractivity contribution in [2.45, 2.75) is 25.3 Å². The Balaban J connectivity index is 1.74. The normalized spacial score (nSPS) is 16.8. The summed E-state index contributed by atoms with van der Waals surface area (Å²) >= 11 is 0. The topological polar surface area (TPSA) is 59.1 Å². The van der Waals surface area contributed by atoms with Crippen molar-refractivity contribution in [3.63, 3.8) is 0 Å². The lowest BCUT2D eigenvalue weighted by Gasteiger charge is -2.23. The van der Waals surface area contributed by atoms with Gasteiger partial charge in [-0.2, -0.15) is 0 Å². The number of nitrogens with zero attached hydrogens (tertiary/aromatic N) is 1. The van der Waals surface area contributed by atoms with Gasteiger partial charge in [-0.3, -0.25) is 14.6 Å². The number of hydrogen-bond donors (Lipinski definition) is 1. The molecule has 3 rings (SSSR count). The van der Waals surface area contributed by atoms with Gasteiger partial charge in [-0.15, -0.1) is 0 Å². The van der Waals surface area contributed by atoms with E-state index < -0.39 is 17.6 Å². The van der Waals surface area contributed by atoms with E-state index in [1.165, 1.54) is 12.3 Å². The Kier molecular flexibility index (Phi) is 4.14. The lowest BCUT2D eigenvalue weighted by Crippen LogP contribution is -2.32. The van der Waals surface area contributed by atoms with Crippen LogP contribution >= 0.6 is 0 Å². The summed E-state index contributed by atoms with van der Waals surface area (Å²) in [5.74, 6) is -2.22. The molecule has 0 spiro atoms. The van der Waals surface area contributed by atoms with E-state index >= 15 is 0 Å². The molecule has 0 aliphatic heterocycles. The van der Waals surface area contributed by atoms with Gasteiger partial charge in [-0.1, -0.05) is 12.1 Å². The Bertz CT molecular complexity index is 777. The van der Waals surface area contributed by atoms with Crippen LogP contribution in [0.3, 0.4) is 0 Å². The fourth-order valence-corrected chi connectivity index (χ4v) is 2.72. The monoisotopic (exact) mass is 316 g/mol. The summed E-state index contributed by atoms with van der Waals surface area (Å²) in [5.41, 5.74) is 1.13. The van der Waals surface area contributed by atoms with E-state index in [2.05, 4.69) is 10.3 Å². The van der Waals surface area contributed by atoms with Gasteiger partial charge in [0, 0.05) is 30.8 Å². The third-order valence-electron chi connectivity index (χ3n) is 3.92. The van der Waals surface area contributed by atoms with E-state index in [4.69, 9.17) is 0 Å². The number of carbonyl (C=O) groups excluding carboxylic acids is 2. The fraction of sp³-hybridized carbons (Fsp3) is 0.235. The van der Waals surface area contributed by atoms with Crippen molar-refractivity contribution in [2.24, 2.45) is 0 Å². The third-order valence-corrected chi connectivity index (χ3v) is 3.92. The lowest BCUT2D eigenvalue weighted by atomic mass is 9.84. The molecular formula is C17H14F2N2O2. The van der Waals surface area contributed by atoms with Crippen LogP contribution in [0.1, 0.15) is 40.4 Å². The predicted octanol–water partition coefficient (Wildman–Crippen LogP) is 2.74. The predicted molar refractivity (Wildman–Crippen MR) is 78.7 cm³/mol. The zero-order valence-corrected chi connectivity index (χ0v) is 12.2. The van der Waals surface area contributed by atoms with Crippen molar-refractivity contribution in [2.75, 3.05) is 0 Å². The Morgan fingerprint density at radius 3 is 2.91 bits per heavy atom. The number of ketones is 1. The van der Waals surface area contributed by atoms with Crippen LogP contribution in [0.15, 0.2) is 36.5 Å². The molecule has 1 aromatic heterocycles. The summed E-state index contributed by atoms with van der Waals surface area (Å²) in [6.07, 6.45) is 2.17. The number of halogens is 2. The van der Waals surface area contributed by atoms with Crippen LogP contribution in [0.4, 0.5) is 8.78 Å². The maximum Gasteiger partial charge on any atom is 0.227 e. The molecule has 1 amide bonds. The highest BCUT2D eigenvalue weighted by Crippen LogP contribution is 2.30. The highest BCUT2D eigenvalue weighted by atomic mass is 19.1. The van der Waals surface area contributed by atoms with Crippen molar-refractivity contribution in [3.8, 4) is 0 Å². The SMILES string of the molecule is O=C1CCC(C(=O)NCc2ccc(F)cc2F)c2cccnc21. The summed E-state index contributed by atoms with van der Waals surface area (Å²) in [6.45, 7) is -0.0367. The van der Waals surface area contributed by atoms with Gasteiger partial charge in [0.25, 0.3) is 0 Å². The molecule has 0 saturated carbocycles. The molecule has 2 aromatic rings. The largest absolute Gasteiger partial charge is 0.351 e. The quantitative estimate of drug-likeness (QED) is 0.947. The van der Waals surface area contributed by atoms with Crippen molar-refractivity contribution in [1.82, 2.24) is 10.3 Å². The van der Waals surface area contributed by atoms with Crippen molar-refractivity contribution < 1.29 is 18.4 Å². The first-order valence-corrected chi connectivity index (χ1v) is 7.26. The standard InChI is InChI=1S/C17H14F2N2O2/c18-11-4-3-10(14(19)8-11)9-21-17(23)13-5-6-15(22)16-12(13)2-1-7-20-16/h1-4,7-8,13H,5-6,9H2,(H,21,23). The number of aromatic nitrogens is 1. The molecule has 1 aliphatic carbocycles. The smallest absolute Gasteiger partial charge is 0.227 e. The van der Waals surface area contributed by atoms with Crippen LogP contribution in [-0.2, 0) is 11.3 Å². The van der Waals surface area contributed by atoms with Gasteiger partial charge in [0.2, 0.25) is 5.91 Å². The first kappa shape index (κ1) is 15.3. The second-order valence-electron chi connectivity index (χ2n) is 5.41. The molecular weight excluding hydrogens is 302 g/mol. The summed E-state index contributed by atoms with van der Waals surface area (Å²) in [6, 6.07) is 6.60. The Hall–Kier alpha value is -2.63. The van der Waals surface area contributed by atoms with Gasteiger partial charge in [0.15, 0.2) is 5.78 Å². The molecule has 1 heterocycles. The van der Waals surface area contributed by atoms with Gasteiger partial charge in [0.05, 0.1) is 5.92 Å². The third kappa shape index (κ3) is 3.11. The first-order chi connectivity index (χ1) is 11.1. The Morgan fingerprint density at radius 1 is 1.30 bits per heavy atom. The van der Waals surface area contributed by atoms with Crippen LogP contribution in [0.25, 0.3) is 0 Å². The highest BCUT2D eigenvalue weighted by Gasteiger charge is 2.31. The maximum atomic E-state index is 13.6. The van der Waals surface area contributed by atoms with Crippen LogP contribution in [-0.4, -0.2) is 16.7 Å². The Morgan fingerprint density at radius 2 is 2.13 bits per heavy atom. The second kappa shape index (κ2) is 6.24. The maximum absolute atomic E-state index is 13.6. The fourth-order valence-electron chi connectivity index (χ4n) is 2.72. The van der Waals surface area contributed by atoms with Crippen molar-refractivity contribution in [1.29, 1.82) is 0 Å². The molecule has 0 radical (unpaired) electrons. The number of amides is 1. The molecule has 118 valence electrons. The van der Waals surface area contributed by atoms with E-state index in [1.807, 2.05) is 0 Å². The van der Waals surface area contributed by atoms with E-state index in [9.17, 15) is 18.4 Å². The molecule has 1 aromatic carbocycles. The van der Waals surface area contributed by atoms with Crippen molar-refractivity contribution >= 4 is 11.7 Å². The average molecular weight is 316 g/mol. The first-order valence-electron chi connectivity index (χ1n) is 7.26. The average Bonchev–Trinajstić information content (AvgIpc) is 2.54. The number of hydrogen-bond acceptors (Lipinski definition) is 3. The number of carbonyl (C=O) groups is 2. The minimum absolute atomic E-state index is 0.0367. The number of nitrogens with one attached hydrogen (secondary N) is 1. The lowest BCUT2D eigenvalue weighted by molar-refractivity contribution is -0.122. The molecule has 23 heavy (non-hydrogen) atoms. The van der Waals surface area contributed by atoms with Gasteiger partial charge in [0.1, 0.15) is 17.3 Å². The minimum atomic E-state index is -0.703. The summed E-state index contributed by atoms with van der Waals surface area (Å²) in [7, 11) is 0. The van der Waals surface area contributed by atoms with E-state index in [0.717, 1.165) is 12.1 Å². The molecule has 6 heteroatoms. The van der Waals surface area contributed by atoms with Gasteiger partial charge in [-0.25, -0.2) is 8.78 Å². The van der Waals surface area contributed by atoms with E-state index in [-0.39, 0.29) is 30.2 Å². The van der Waals surface area contributed by atoms with Crippen LogP contribution in [0, 0.1) is 11.6 Å². The van der Waals surface area contributed by atoms with Crippen LogP contribution < -0.4 is 5.32 Å². The minimum Gasteiger partial charge on any atom is -0.351 e. The Labute approximate surface area is 131 Å². The molecule has 0 fully saturated rings. The van der Waals surface area contributed by atoms with E-state index in [0.29, 0.717) is 17.7 Å². The van der Waals surface area contributed by atoms with Gasteiger partial charge >= 0.3 is 0 Å². The van der Waals surface area contributed by atoms with Crippen molar-refractivity contribution in [3.05, 3.63) is 65.0 Å². The van der Waals surface area contributed by atoms with Crippen LogP contribution in [0.2, 0.25) is 0 Å². The molecule has 1 atom stereocenters. The molecule has 1 aliphatic rings. The summed E-state index contributed by atoms with van der Waals surface area (Å²) < 4.78 is 26.5. The summed E-state index contributed by atoms with van der Waals surface area (Å²) in [5, 5.41) is 2.64. The molecule has 0 saturated heterocycles. The van der Waals surface area contributed by atoms with Crippen LogP contribution in [0.5, 0.6) is 0 Å². The number of fused-ring (bicyclic) bond motifs is 1. The zero-order chi connectivity index (χ0) is 16.4. The molecule has 0 bridgehead atoms. The number of pyridine rings is 1. The van der Waals surface area contributed by atoms with Gasteiger partial charge in [-0.05, 0) is 24.1 Å².